The lowest BCUT2D eigenvalue weighted by Crippen LogP contribution is -2.13. The zero-order chi connectivity index (χ0) is 11.7. The Morgan fingerprint density at radius 3 is 2.81 bits per heavy atom. The summed E-state index contributed by atoms with van der Waals surface area (Å²) in [6, 6.07) is 3.25. The van der Waals surface area contributed by atoms with Gasteiger partial charge < -0.3 is 4.74 Å². The van der Waals surface area contributed by atoms with Crippen molar-refractivity contribution in [3.05, 3.63) is 28.5 Å². The number of amides is 1. The van der Waals surface area contributed by atoms with E-state index in [2.05, 4.69) is 10.1 Å². The highest BCUT2D eigenvalue weighted by molar-refractivity contribution is 6.33. The monoisotopic (exact) mass is 243 g/mol. The molecule has 1 aromatic rings. The molecular weight excluding hydrogens is 233 g/mol. The Labute approximate surface area is 97.5 Å². The molecule has 0 aromatic heterocycles. The van der Waals surface area contributed by atoms with Crippen molar-refractivity contribution in [2.45, 2.75) is 18.8 Å². The molecule has 1 N–H and O–H groups in total. The highest BCUT2D eigenvalue weighted by Crippen LogP contribution is 2.43. The van der Waals surface area contributed by atoms with Crippen molar-refractivity contribution < 1.29 is 13.9 Å². The fourth-order valence-corrected chi connectivity index (χ4v) is 1.74. The van der Waals surface area contributed by atoms with Crippen molar-refractivity contribution >= 4 is 23.4 Å². The first-order chi connectivity index (χ1) is 7.63. The molecule has 1 aliphatic carbocycles. The van der Waals surface area contributed by atoms with E-state index < -0.39 is 11.9 Å². The number of halogens is 2. The van der Waals surface area contributed by atoms with Crippen molar-refractivity contribution in [3.63, 3.8) is 0 Å². The van der Waals surface area contributed by atoms with Crippen LogP contribution in [0.5, 0.6) is 0 Å². The molecule has 86 valence electrons. The molecule has 1 saturated carbocycles. The van der Waals surface area contributed by atoms with E-state index in [1.165, 1.54) is 7.11 Å². The van der Waals surface area contributed by atoms with Crippen LogP contribution >= 0.6 is 11.6 Å². The summed E-state index contributed by atoms with van der Waals surface area (Å²) in [5, 5.41) is 2.46. The lowest BCUT2D eigenvalue weighted by Gasteiger charge is -2.10. The van der Waals surface area contributed by atoms with Crippen LogP contribution in [0.15, 0.2) is 12.1 Å². The second-order valence-corrected chi connectivity index (χ2v) is 4.12. The number of carbonyl (C=O) groups excluding carboxylic acids is 1. The van der Waals surface area contributed by atoms with E-state index >= 15 is 0 Å². The summed E-state index contributed by atoms with van der Waals surface area (Å²) in [4.78, 5) is 11.0. The molecule has 0 spiro atoms. The van der Waals surface area contributed by atoms with Gasteiger partial charge in [-0.1, -0.05) is 17.7 Å². The predicted molar refractivity (Wildman–Crippen MR) is 59.4 cm³/mol. The van der Waals surface area contributed by atoms with Gasteiger partial charge in [0.15, 0.2) is 5.82 Å². The highest BCUT2D eigenvalue weighted by Gasteiger charge is 2.28. The predicted octanol–water partition coefficient (Wildman–Crippen LogP) is 3.53. The Bertz CT molecular complexity index is 432. The van der Waals surface area contributed by atoms with Gasteiger partial charge in [0, 0.05) is 0 Å². The first kappa shape index (κ1) is 11.2. The van der Waals surface area contributed by atoms with Gasteiger partial charge in [-0.3, -0.25) is 5.32 Å². The van der Waals surface area contributed by atoms with Crippen LogP contribution in [0.4, 0.5) is 14.9 Å². The van der Waals surface area contributed by atoms with E-state index in [1.807, 2.05) is 0 Å². The van der Waals surface area contributed by atoms with Gasteiger partial charge in [0.2, 0.25) is 0 Å². The molecule has 0 bridgehead atoms. The average molecular weight is 244 g/mol. The second kappa shape index (κ2) is 4.29. The van der Waals surface area contributed by atoms with Gasteiger partial charge in [-0.2, -0.15) is 0 Å². The number of hydrogen-bond donors (Lipinski definition) is 1. The average Bonchev–Trinajstić information content (AvgIpc) is 3.07. The maximum Gasteiger partial charge on any atom is 0.411 e. The van der Waals surface area contributed by atoms with Gasteiger partial charge in [0.05, 0.1) is 17.8 Å². The quantitative estimate of drug-likeness (QED) is 0.863. The van der Waals surface area contributed by atoms with Crippen molar-refractivity contribution in [1.29, 1.82) is 0 Å². The SMILES string of the molecule is COC(=O)Nc1c(Cl)ccc(C2CC2)c1F. The van der Waals surface area contributed by atoms with Gasteiger partial charge >= 0.3 is 6.09 Å². The molecule has 0 unspecified atom stereocenters. The summed E-state index contributed by atoms with van der Waals surface area (Å²) in [5.74, 6) is -0.198. The molecule has 1 fully saturated rings. The summed E-state index contributed by atoms with van der Waals surface area (Å²) in [6.45, 7) is 0. The fourth-order valence-electron chi connectivity index (χ4n) is 1.55. The molecule has 3 nitrogen and oxygen atoms in total. The summed E-state index contributed by atoms with van der Waals surface area (Å²) in [6.07, 6.45) is 1.24. The Morgan fingerprint density at radius 2 is 2.25 bits per heavy atom. The molecule has 0 aliphatic heterocycles. The van der Waals surface area contributed by atoms with Gasteiger partial charge in [0.25, 0.3) is 0 Å². The van der Waals surface area contributed by atoms with Crippen molar-refractivity contribution in [2.24, 2.45) is 0 Å². The van der Waals surface area contributed by atoms with E-state index in [4.69, 9.17) is 11.6 Å². The Hall–Kier alpha value is -1.29. The molecule has 16 heavy (non-hydrogen) atoms. The normalized spacial score (nSPS) is 14.7. The van der Waals surface area contributed by atoms with Gasteiger partial charge in [-0.25, -0.2) is 9.18 Å². The third-order valence-corrected chi connectivity index (χ3v) is 2.87. The Morgan fingerprint density at radius 1 is 1.56 bits per heavy atom. The Balaban J connectivity index is 2.34. The topological polar surface area (TPSA) is 38.3 Å². The van der Waals surface area contributed by atoms with Gasteiger partial charge in [0.1, 0.15) is 0 Å². The van der Waals surface area contributed by atoms with E-state index in [9.17, 15) is 9.18 Å². The third kappa shape index (κ3) is 2.11. The molecule has 5 heteroatoms. The summed E-state index contributed by atoms with van der Waals surface area (Å²) in [7, 11) is 1.21. The fraction of sp³-hybridized carbons (Fsp3) is 0.364. The lowest BCUT2D eigenvalue weighted by atomic mass is 10.1. The number of benzene rings is 1. The summed E-state index contributed by atoms with van der Waals surface area (Å²) in [5.41, 5.74) is 0.605. The van der Waals surface area contributed by atoms with Gasteiger partial charge in [-0.05, 0) is 30.4 Å². The van der Waals surface area contributed by atoms with Crippen LogP contribution in [-0.4, -0.2) is 13.2 Å². The summed E-state index contributed by atoms with van der Waals surface area (Å²) >= 11 is 5.82. The van der Waals surface area contributed by atoms with E-state index in [1.54, 1.807) is 12.1 Å². The van der Waals surface area contributed by atoms with Crippen molar-refractivity contribution in [1.82, 2.24) is 0 Å². The molecule has 1 amide bonds. The van der Waals surface area contributed by atoms with Crippen LogP contribution in [0.1, 0.15) is 24.3 Å². The van der Waals surface area contributed by atoms with Crippen LogP contribution in [0, 0.1) is 5.82 Å². The van der Waals surface area contributed by atoms with Crippen LogP contribution < -0.4 is 5.32 Å². The van der Waals surface area contributed by atoms with E-state index in [0.29, 0.717) is 5.56 Å². The smallest absolute Gasteiger partial charge is 0.411 e. The summed E-state index contributed by atoms with van der Waals surface area (Å²) < 4.78 is 18.4. The number of methoxy groups -OCH3 is 1. The maximum atomic E-state index is 14.0. The molecule has 1 aliphatic rings. The number of anilines is 1. The Kier molecular flexibility index (Phi) is 3.01. The number of rotatable bonds is 2. The maximum absolute atomic E-state index is 14.0. The standard InChI is InChI=1S/C11H11ClFNO2/c1-16-11(15)14-10-8(12)5-4-7(9(10)13)6-2-3-6/h4-6H,2-3H2,1H3,(H,14,15). The van der Waals surface area contributed by atoms with Crippen LogP contribution in [0.3, 0.4) is 0 Å². The molecule has 0 saturated heterocycles. The lowest BCUT2D eigenvalue weighted by molar-refractivity contribution is 0.187. The zero-order valence-electron chi connectivity index (χ0n) is 8.72. The van der Waals surface area contributed by atoms with E-state index in [-0.39, 0.29) is 16.6 Å². The van der Waals surface area contributed by atoms with Crippen LogP contribution in [-0.2, 0) is 4.74 Å². The van der Waals surface area contributed by atoms with Crippen LogP contribution in [0.2, 0.25) is 5.02 Å². The second-order valence-electron chi connectivity index (χ2n) is 3.72. The molecule has 0 atom stereocenters. The number of carbonyl (C=O) groups is 1. The minimum Gasteiger partial charge on any atom is -0.453 e. The molecular formula is C11H11ClFNO2. The van der Waals surface area contributed by atoms with Crippen molar-refractivity contribution in [2.75, 3.05) is 12.4 Å². The highest BCUT2D eigenvalue weighted by atomic mass is 35.5. The number of nitrogens with one attached hydrogen (secondary N) is 1. The number of ether oxygens (including phenoxy) is 1. The first-order valence-corrected chi connectivity index (χ1v) is 5.34. The van der Waals surface area contributed by atoms with Crippen molar-refractivity contribution in [3.8, 4) is 0 Å². The molecule has 2 rings (SSSR count). The minimum atomic E-state index is -0.728. The van der Waals surface area contributed by atoms with E-state index in [0.717, 1.165) is 12.8 Å². The zero-order valence-corrected chi connectivity index (χ0v) is 9.47. The first-order valence-electron chi connectivity index (χ1n) is 4.96. The molecule has 0 radical (unpaired) electrons. The largest absolute Gasteiger partial charge is 0.453 e. The molecule has 1 aromatic carbocycles. The van der Waals surface area contributed by atoms with Gasteiger partial charge in [-0.15, -0.1) is 0 Å². The van der Waals surface area contributed by atoms with Crippen LogP contribution in [0.25, 0.3) is 0 Å². The number of hydrogen-bond acceptors (Lipinski definition) is 2. The third-order valence-electron chi connectivity index (χ3n) is 2.55. The minimum absolute atomic E-state index is 0.00193. The molecule has 0 heterocycles.